The van der Waals surface area contributed by atoms with Gasteiger partial charge in [-0.15, -0.1) is 0 Å². The summed E-state index contributed by atoms with van der Waals surface area (Å²) in [4.78, 5) is 10.6. The molecule has 0 aliphatic heterocycles. The number of fused-ring (bicyclic) bond motifs is 7. The van der Waals surface area contributed by atoms with Crippen molar-refractivity contribution in [2.24, 2.45) is 0 Å². The van der Waals surface area contributed by atoms with Crippen LogP contribution in [0.25, 0.3) is 87.4 Å². The Bertz CT molecular complexity index is 2460. The van der Waals surface area contributed by atoms with Crippen molar-refractivity contribution in [1.82, 2.24) is 9.97 Å². The van der Waals surface area contributed by atoms with Gasteiger partial charge in [0.2, 0.25) is 0 Å². The molecule has 0 fully saturated rings. The van der Waals surface area contributed by atoms with Gasteiger partial charge in [0.25, 0.3) is 0 Å². The Balaban J connectivity index is 1.50. The van der Waals surface area contributed by atoms with E-state index in [4.69, 9.17) is 9.97 Å². The van der Waals surface area contributed by atoms with Gasteiger partial charge in [0.05, 0.1) is 22.2 Å². The number of hydrogen-bond donors (Lipinski definition) is 0. The van der Waals surface area contributed by atoms with E-state index in [0.717, 1.165) is 44.0 Å². The lowest BCUT2D eigenvalue weighted by Crippen LogP contribution is -1.96. The van der Waals surface area contributed by atoms with E-state index in [1.54, 1.807) is 0 Å². The van der Waals surface area contributed by atoms with Gasteiger partial charge < -0.3 is 0 Å². The monoisotopic (exact) mass is 532 g/mol. The van der Waals surface area contributed by atoms with Gasteiger partial charge in [0.1, 0.15) is 0 Å². The van der Waals surface area contributed by atoms with Crippen molar-refractivity contribution in [2.75, 3.05) is 0 Å². The van der Waals surface area contributed by atoms with Crippen LogP contribution in [-0.2, 0) is 0 Å². The smallest absolute Gasteiger partial charge is 0.0825 e. The van der Waals surface area contributed by atoms with Crippen LogP contribution in [0.5, 0.6) is 0 Å². The molecular weight excluding hydrogens is 508 g/mol. The fourth-order valence-corrected chi connectivity index (χ4v) is 6.76. The highest BCUT2D eigenvalue weighted by atomic mass is 14.8. The number of aromatic nitrogens is 2. The van der Waals surface area contributed by atoms with E-state index < -0.39 is 0 Å². The first-order valence-corrected chi connectivity index (χ1v) is 14.4. The first-order chi connectivity index (χ1) is 20.8. The van der Waals surface area contributed by atoms with Crippen LogP contribution in [-0.4, -0.2) is 9.97 Å². The molecule has 0 radical (unpaired) electrons. The third-order valence-corrected chi connectivity index (χ3v) is 8.60. The number of rotatable bonds is 2. The second-order valence-corrected chi connectivity index (χ2v) is 10.9. The molecule has 2 aromatic heterocycles. The van der Waals surface area contributed by atoms with Crippen molar-refractivity contribution < 1.29 is 0 Å². The summed E-state index contributed by atoms with van der Waals surface area (Å²) in [7, 11) is 0. The Morgan fingerprint density at radius 2 is 0.857 bits per heavy atom. The van der Waals surface area contributed by atoms with Crippen molar-refractivity contribution in [2.45, 2.75) is 0 Å². The Kier molecular flexibility index (Phi) is 4.93. The molecule has 2 heterocycles. The van der Waals surface area contributed by atoms with Crippen LogP contribution in [0.2, 0.25) is 0 Å². The summed E-state index contributed by atoms with van der Waals surface area (Å²) in [5, 5.41) is 10.6. The molecule has 0 bridgehead atoms. The molecule has 0 aliphatic carbocycles. The lowest BCUT2D eigenvalue weighted by atomic mass is 9.85. The van der Waals surface area contributed by atoms with Gasteiger partial charge in [0, 0.05) is 21.7 Å². The van der Waals surface area contributed by atoms with Crippen LogP contribution in [0.4, 0.5) is 0 Å². The summed E-state index contributed by atoms with van der Waals surface area (Å²) in [6.45, 7) is 0. The van der Waals surface area contributed by atoms with Crippen molar-refractivity contribution in [1.29, 1.82) is 0 Å². The first-order valence-electron chi connectivity index (χ1n) is 14.4. The molecule has 0 saturated heterocycles. The molecule has 0 N–H and O–H groups in total. The molecule has 0 atom stereocenters. The van der Waals surface area contributed by atoms with Crippen LogP contribution in [0, 0.1) is 0 Å². The van der Waals surface area contributed by atoms with Crippen LogP contribution in [0.3, 0.4) is 0 Å². The highest BCUT2D eigenvalue weighted by Gasteiger charge is 2.21. The Morgan fingerprint density at radius 3 is 1.57 bits per heavy atom. The van der Waals surface area contributed by atoms with Crippen LogP contribution >= 0.6 is 0 Å². The number of pyridine rings is 2. The fourth-order valence-electron chi connectivity index (χ4n) is 6.76. The van der Waals surface area contributed by atoms with E-state index in [2.05, 4.69) is 146 Å². The number of para-hydroxylation sites is 2. The molecule has 194 valence electrons. The van der Waals surface area contributed by atoms with E-state index in [9.17, 15) is 0 Å². The summed E-state index contributed by atoms with van der Waals surface area (Å²) in [5.74, 6) is 0. The molecule has 0 saturated carbocycles. The molecule has 0 aliphatic rings. The minimum atomic E-state index is 0.953. The van der Waals surface area contributed by atoms with Gasteiger partial charge in [-0.1, -0.05) is 127 Å². The van der Waals surface area contributed by atoms with Gasteiger partial charge in [-0.2, -0.15) is 0 Å². The first kappa shape index (κ1) is 23.1. The third kappa shape index (κ3) is 3.33. The Hall–Kier alpha value is -5.60. The molecule has 2 heteroatoms. The van der Waals surface area contributed by atoms with Crippen molar-refractivity contribution in [3.8, 4) is 22.4 Å². The molecule has 9 aromatic rings. The maximum absolute atomic E-state index is 5.39. The largest absolute Gasteiger partial charge is 0.247 e. The standard InChI is InChI=1S/C40H24N2/c1-3-15-27-25(12-1)14-11-21-28(27)37-29-16-4-6-18-31(29)38(32-19-7-5-17-30(32)37)40-34-24-26-13-2-9-22-35(26)41-39(34)33-20-8-10-23-36(33)42-40/h1-24H. The zero-order valence-corrected chi connectivity index (χ0v) is 22.8. The fraction of sp³-hybridized carbons (Fsp3) is 0. The van der Waals surface area contributed by atoms with E-state index in [1.807, 2.05) is 0 Å². The normalized spacial score (nSPS) is 11.8. The number of benzene rings is 7. The second kappa shape index (κ2) is 8.95. The van der Waals surface area contributed by atoms with Gasteiger partial charge in [-0.3, -0.25) is 0 Å². The third-order valence-electron chi connectivity index (χ3n) is 8.60. The maximum Gasteiger partial charge on any atom is 0.0825 e. The molecule has 42 heavy (non-hydrogen) atoms. The minimum Gasteiger partial charge on any atom is -0.247 e. The molecular formula is C40H24N2. The topological polar surface area (TPSA) is 25.8 Å². The van der Waals surface area contributed by atoms with Crippen molar-refractivity contribution >= 4 is 65.0 Å². The summed E-state index contributed by atoms with van der Waals surface area (Å²) in [5.41, 5.74) is 7.56. The highest BCUT2D eigenvalue weighted by Crippen LogP contribution is 2.46. The molecule has 9 rings (SSSR count). The molecule has 0 unspecified atom stereocenters. The zero-order chi connectivity index (χ0) is 27.6. The van der Waals surface area contributed by atoms with Crippen molar-refractivity contribution in [3.05, 3.63) is 146 Å². The molecule has 0 amide bonds. The zero-order valence-electron chi connectivity index (χ0n) is 22.8. The van der Waals surface area contributed by atoms with E-state index in [1.165, 1.54) is 43.4 Å². The Morgan fingerprint density at radius 1 is 0.333 bits per heavy atom. The van der Waals surface area contributed by atoms with Gasteiger partial charge in [0.15, 0.2) is 0 Å². The highest BCUT2D eigenvalue weighted by molar-refractivity contribution is 6.26. The predicted molar refractivity (Wildman–Crippen MR) is 178 cm³/mol. The molecule has 7 aromatic carbocycles. The average Bonchev–Trinajstić information content (AvgIpc) is 3.06. The maximum atomic E-state index is 5.39. The molecule has 2 nitrogen and oxygen atoms in total. The Labute approximate surface area is 242 Å². The molecule has 0 spiro atoms. The van der Waals surface area contributed by atoms with E-state index in [-0.39, 0.29) is 0 Å². The van der Waals surface area contributed by atoms with Crippen LogP contribution in [0.1, 0.15) is 0 Å². The van der Waals surface area contributed by atoms with Gasteiger partial charge >= 0.3 is 0 Å². The van der Waals surface area contributed by atoms with Crippen LogP contribution in [0.15, 0.2) is 146 Å². The van der Waals surface area contributed by atoms with E-state index in [0.29, 0.717) is 0 Å². The summed E-state index contributed by atoms with van der Waals surface area (Å²) < 4.78 is 0. The minimum absolute atomic E-state index is 0.953. The van der Waals surface area contributed by atoms with Gasteiger partial charge in [-0.05, 0) is 61.6 Å². The SMILES string of the molecule is c1ccc2nc3c(cc2c1)c(-c1c2ccccc2c(-c2cccc4ccccc24)c2ccccc12)nc1ccccc13. The number of hydrogen-bond acceptors (Lipinski definition) is 2. The van der Waals surface area contributed by atoms with Gasteiger partial charge in [-0.25, -0.2) is 9.97 Å². The van der Waals surface area contributed by atoms with Crippen molar-refractivity contribution in [3.63, 3.8) is 0 Å². The second-order valence-electron chi connectivity index (χ2n) is 10.9. The summed E-state index contributed by atoms with van der Waals surface area (Å²) >= 11 is 0. The predicted octanol–water partition coefficient (Wildman–Crippen LogP) is 10.7. The van der Waals surface area contributed by atoms with E-state index >= 15 is 0 Å². The summed E-state index contributed by atoms with van der Waals surface area (Å²) in [6, 6.07) is 51.9. The quantitative estimate of drug-likeness (QED) is 0.163. The van der Waals surface area contributed by atoms with Crippen LogP contribution < -0.4 is 0 Å². The summed E-state index contributed by atoms with van der Waals surface area (Å²) in [6.07, 6.45) is 0. The lowest BCUT2D eigenvalue weighted by Gasteiger charge is -2.19. The lowest BCUT2D eigenvalue weighted by molar-refractivity contribution is 1.42. The average molecular weight is 533 g/mol. The number of nitrogens with zero attached hydrogens (tertiary/aromatic N) is 2.